The van der Waals surface area contributed by atoms with Crippen LogP contribution in [0.5, 0.6) is 5.75 Å². The van der Waals surface area contributed by atoms with Crippen LogP contribution in [0.3, 0.4) is 0 Å². The number of thiazole rings is 1. The van der Waals surface area contributed by atoms with E-state index in [0.29, 0.717) is 10.8 Å². The largest absolute Gasteiger partial charge is 0.496 e. The summed E-state index contributed by atoms with van der Waals surface area (Å²) in [6, 6.07) is 14.9. The van der Waals surface area contributed by atoms with E-state index in [1.54, 1.807) is 13.3 Å². The summed E-state index contributed by atoms with van der Waals surface area (Å²) in [4.78, 5) is 16.5. The van der Waals surface area contributed by atoms with Crippen molar-refractivity contribution in [2.75, 3.05) is 12.9 Å². The number of nitrogens with one attached hydrogen (secondary N) is 1. The SMILES string of the molecule is COc1ccccc1/C=N/NC(=O)CSc1nc(-c2ccc(Cl)cc2)cs1. The maximum Gasteiger partial charge on any atom is 0.250 e. The zero-order valence-electron chi connectivity index (χ0n) is 14.4. The number of amides is 1. The van der Waals surface area contributed by atoms with Crippen LogP contribution in [-0.4, -0.2) is 30.0 Å². The van der Waals surface area contributed by atoms with Crippen LogP contribution >= 0.6 is 34.7 Å². The lowest BCUT2D eigenvalue weighted by molar-refractivity contribution is -0.118. The fraction of sp³-hybridized carbons (Fsp3) is 0.105. The zero-order chi connectivity index (χ0) is 19.1. The second kappa shape index (κ2) is 9.55. The molecule has 1 heterocycles. The minimum atomic E-state index is -0.200. The first-order valence-corrected chi connectivity index (χ1v) is 10.2. The molecule has 0 radical (unpaired) electrons. The highest BCUT2D eigenvalue weighted by molar-refractivity contribution is 8.01. The molecule has 5 nitrogen and oxygen atoms in total. The second-order valence-corrected chi connectivity index (χ2v) is 7.85. The molecule has 1 aromatic heterocycles. The van der Waals surface area contributed by atoms with Gasteiger partial charge in [-0.05, 0) is 24.3 Å². The number of ether oxygens (including phenoxy) is 1. The van der Waals surface area contributed by atoms with Crippen LogP contribution in [-0.2, 0) is 4.79 Å². The molecule has 27 heavy (non-hydrogen) atoms. The number of carbonyl (C=O) groups excluding carboxylic acids is 1. The van der Waals surface area contributed by atoms with Crippen molar-refractivity contribution in [3.8, 4) is 17.0 Å². The standard InChI is InChI=1S/C19H16ClN3O2S2/c1-25-17-5-3-2-4-14(17)10-21-23-18(24)12-27-19-22-16(11-26-19)13-6-8-15(20)9-7-13/h2-11H,12H2,1H3,(H,23,24)/b21-10+. The van der Waals surface area contributed by atoms with Crippen LogP contribution in [0.25, 0.3) is 11.3 Å². The first kappa shape index (κ1) is 19.4. The Labute approximate surface area is 170 Å². The van der Waals surface area contributed by atoms with Gasteiger partial charge in [-0.3, -0.25) is 4.79 Å². The van der Waals surface area contributed by atoms with Gasteiger partial charge < -0.3 is 4.74 Å². The van der Waals surface area contributed by atoms with Crippen molar-refractivity contribution in [2.45, 2.75) is 4.34 Å². The first-order chi connectivity index (χ1) is 13.2. The van der Waals surface area contributed by atoms with Crippen LogP contribution in [0.4, 0.5) is 0 Å². The summed E-state index contributed by atoms with van der Waals surface area (Å²) < 4.78 is 6.05. The van der Waals surface area contributed by atoms with Gasteiger partial charge in [0.1, 0.15) is 5.75 Å². The Morgan fingerprint density at radius 2 is 2.07 bits per heavy atom. The van der Waals surface area contributed by atoms with Crippen molar-refractivity contribution in [1.29, 1.82) is 0 Å². The number of carbonyl (C=O) groups is 1. The molecule has 1 amide bonds. The average molecular weight is 418 g/mol. The van der Waals surface area contributed by atoms with Gasteiger partial charge in [0, 0.05) is 21.5 Å². The zero-order valence-corrected chi connectivity index (χ0v) is 16.8. The molecule has 0 unspecified atom stereocenters. The molecule has 0 saturated heterocycles. The number of thioether (sulfide) groups is 1. The van der Waals surface area contributed by atoms with E-state index in [0.717, 1.165) is 21.2 Å². The predicted molar refractivity (Wildman–Crippen MR) is 112 cm³/mol. The smallest absolute Gasteiger partial charge is 0.250 e. The van der Waals surface area contributed by atoms with Crippen LogP contribution in [0.15, 0.2) is 63.4 Å². The average Bonchev–Trinajstić information content (AvgIpc) is 3.16. The topological polar surface area (TPSA) is 63.6 Å². The van der Waals surface area contributed by atoms with Gasteiger partial charge in [0.05, 0.1) is 24.8 Å². The lowest BCUT2D eigenvalue weighted by Crippen LogP contribution is -2.19. The molecule has 1 N–H and O–H groups in total. The minimum Gasteiger partial charge on any atom is -0.496 e. The number of halogens is 1. The Hall–Kier alpha value is -2.35. The highest BCUT2D eigenvalue weighted by atomic mass is 35.5. The molecular weight excluding hydrogens is 402 g/mol. The number of benzene rings is 2. The number of nitrogens with zero attached hydrogens (tertiary/aromatic N) is 2. The Morgan fingerprint density at radius 1 is 1.30 bits per heavy atom. The van der Waals surface area contributed by atoms with Gasteiger partial charge in [0.25, 0.3) is 5.91 Å². The van der Waals surface area contributed by atoms with Gasteiger partial charge in [0.2, 0.25) is 0 Å². The van der Waals surface area contributed by atoms with Crippen molar-refractivity contribution in [3.63, 3.8) is 0 Å². The van der Waals surface area contributed by atoms with Crippen molar-refractivity contribution < 1.29 is 9.53 Å². The Bertz CT molecular complexity index is 942. The third-order valence-electron chi connectivity index (χ3n) is 3.48. The number of methoxy groups -OCH3 is 1. The van der Waals surface area contributed by atoms with Crippen LogP contribution in [0.1, 0.15) is 5.56 Å². The third kappa shape index (κ3) is 5.56. The molecule has 0 aliphatic rings. The summed E-state index contributed by atoms with van der Waals surface area (Å²) >= 11 is 8.77. The van der Waals surface area contributed by atoms with Crippen LogP contribution in [0.2, 0.25) is 5.02 Å². The van der Waals surface area contributed by atoms with Gasteiger partial charge in [-0.25, -0.2) is 10.4 Å². The first-order valence-electron chi connectivity index (χ1n) is 7.95. The van der Waals surface area contributed by atoms with Crippen LogP contribution in [0, 0.1) is 0 Å². The molecule has 0 spiro atoms. The number of para-hydroxylation sites is 1. The van der Waals surface area contributed by atoms with Crippen LogP contribution < -0.4 is 10.2 Å². The maximum atomic E-state index is 12.0. The third-order valence-corrected chi connectivity index (χ3v) is 5.75. The molecule has 138 valence electrons. The molecule has 8 heteroatoms. The minimum absolute atomic E-state index is 0.200. The molecule has 3 aromatic rings. The highest BCUT2D eigenvalue weighted by Gasteiger charge is 2.08. The Kier molecular flexibility index (Phi) is 6.86. The fourth-order valence-electron chi connectivity index (χ4n) is 2.18. The van der Waals surface area contributed by atoms with E-state index in [4.69, 9.17) is 16.3 Å². The molecule has 0 atom stereocenters. The molecule has 3 rings (SSSR count). The van der Waals surface area contributed by atoms with Crippen molar-refractivity contribution in [3.05, 3.63) is 64.5 Å². The molecule has 0 fully saturated rings. The van der Waals surface area contributed by atoms with E-state index >= 15 is 0 Å². The Morgan fingerprint density at radius 3 is 2.85 bits per heavy atom. The van der Waals surface area contributed by atoms with E-state index in [9.17, 15) is 4.79 Å². The number of hydrazone groups is 1. The maximum absolute atomic E-state index is 12.0. The van der Waals surface area contributed by atoms with Crippen molar-refractivity contribution in [1.82, 2.24) is 10.4 Å². The van der Waals surface area contributed by atoms with Gasteiger partial charge in [-0.1, -0.05) is 47.6 Å². The van der Waals surface area contributed by atoms with Gasteiger partial charge in [0.15, 0.2) is 4.34 Å². The molecule has 2 aromatic carbocycles. The molecular formula is C19H16ClN3O2S2. The highest BCUT2D eigenvalue weighted by Crippen LogP contribution is 2.28. The summed E-state index contributed by atoms with van der Waals surface area (Å²) in [7, 11) is 1.59. The molecule has 0 saturated carbocycles. The lowest BCUT2D eigenvalue weighted by atomic mass is 10.2. The van der Waals surface area contributed by atoms with E-state index in [1.807, 2.05) is 53.9 Å². The quantitative estimate of drug-likeness (QED) is 0.343. The van der Waals surface area contributed by atoms with Gasteiger partial charge in [-0.2, -0.15) is 5.10 Å². The van der Waals surface area contributed by atoms with Crippen molar-refractivity contribution >= 4 is 46.8 Å². The summed E-state index contributed by atoms with van der Waals surface area (Å²) in [6.07, 6.45) is 1.56. The number of hydrogen-bond donors (Lipinski definition) is 1. The summed E-state index contributed by atoms with van der Waals surface area (Å²) in [5.41, 5.74) is 5.17. The summed E-state index contributed by atoms with van der Waals surface area (Å²) in [5, 5.41) is 6.63. The van der Waals surface area contributed by atoms with Gasteiger partial charge >= 0.3 is 0 Å². The van der Waals surface area contributed by atoms with Crippen molar-refractivity contribution in [2.24, 2.45) is 5.10 Å². The van der Waals surface area contributed by atoms with E-state index < -0.39 is 0 Å². The number of aromatic nitrogens is 1. The fourth-order valence-corrected chi connectivity index (χ4v) is 3.94. The Balaban J connectivity index is 1.51. The molecule has 0 bridgehead atoms. The normalized spacial score (nSPS) is 10.9. The number of rotatable bonds is 7. The number of hydrogen-bond acceptors (Lipinski definition) is 6. The predicted octanol–water partition coefficient (Wildman–Crippen LogP) is 4.71. The molecule has 0 aliphatic heterocycles. The second-order valence-electron chi connectivity index (χ2n) is 5.33. The summed E-state index contributed by atoms with van der Waals surface area (Å²) in [6.45, 7) is 0. The summed E-state index contributed by atoms with van der Waals surface area (Å²) in [5.74, 6) is 0.730. The monoisotopic (exact) mass is 417 g/mol. The lowest BCUT2D eigenvalue weighted by Gasteiger charge is -2.03. The van der Waals surface area contributed by atoms with Gasteiger partial charge in [-0.15, -0.1) is 11.3 Å². The van der Waals surface area contributed by atoms with E-state index in [1.165, 1.54) is 23.1 Å². The van der Waals surface area contributed by atoms with E-state index in [2.05, 4.69) is 15.5 Å². The molecule has 0 aliphatic carbocycles. The van der Waals surface area contributed by atoms with E-state index in [-0.39, 0.29) is 11.7 Å².